The summed E-state index contributed by atoms with van der Waals surface area (Å²) in [7, 11) is 3.61. The Morgan fingerprint density at radius 2 is 1.96 bits per heavy atom. The van der Waals surface area contributed by atoms with Crippen LogP contribution in [0.1, 0.15) is 23.5 Å². The van der Waals surface area contributed by atoms with Crippen molar-refractivity contribution < 1.29 is 9.53 Å². The molecular weight excluding hydrogens is 358 g/mol. The molecule has 3 rings (SSSR count). The van der Waals surface area contributed by atoms with Crippen LogP contribution in [-0.2, 0) is 11.2 Å². The lowest BCUT2D eigenvalue weighted by Crippen LogP contribution is -2.37. The van der Waals surface area contributed by atoms with Crippen molar-refractivity contribution in [2.75, 3.05) is 27.2 Å². The van der Waals surface area contributed by atoms with Crippen LogP contribution in [0.5, 0.6) is 5.75 Å². The van der Waals surface area contributed by atoms with Gasteiger partial charge in [-0.1, -0.05) is 24.3 Å². The summed E-state index contributed by atoms with van der Waals surface area (Å²) < 4.78 is 6.33. The summed E-state index contributed by atoms with van der Waals surface area (Å²) in [6.07, 6.45) is 0.798. The highest BCUT2D eigenvalue weighted by Crippen LogP contribution is 2.28. The van der Waals surface area contributed by atoms with E-state index in [2.05, 4.69) is 18.3 Å². The highest BCUT2D eigenvalue weighted by atomic mass is 32.1. The Bertz CT molecular complexity index is 859. The van der Waals surface area contributed by atoms with Gasteiger partial charge in [0.05, 0.1) is 29.9 Å². The number of benzene rings is 2. The number of hydrogen-bond donors (Lipinski definition) is 1. The predicted molar refractivity (Wildman–Crippen MR) is 110 cm³/mol. The number of thiazole rings is 1. The van der Waals surface area contributed by atoms with E-state index in [0.717, 1.165) is 22.7 Å². The van der Waals surface area contributed by atoms with E-state index >= 15 is 0 Å². The zero-order chi connectivity index (χ0) is 19.2. The minimum absolute atomic E-state index is 0.0268. The quantitative estimate of drug-likeness (QED) is 0.645. The number of para-hydroxylation sites is 1. The Kier molecular flexibility index (Phi) is 6.42. The first-order valence-electron chi connectivity index (χ1n) is 9.02. The van der Waals surface area contributed by atoms with Crippen molar-refractivity contribution in [2.45, 2.75) is 19.4 Å². The van der Waals surface area contributed by atoms with Crippen molar-refractivity contribution in [3.8, 4) is 5.75 Å². The minimum Gasteiger partial charge on any atom is -0.497 e. The van der Waals surface area contributed by atoms with Gasteiger partial charge in [-0.25, -0.2) is 4.98 Å². The molecule has 0 spiro atoms. The number of likely N-dealkylation sites (N-methyl/N-ethyl adjacent to an activating group) is 1. The lowest BCUT2D eigenvalue weighted by molar-refractivity contribution is -0.122. The third-order valence-electron chi connectivity index (χ3n) is 4.62. The molecule has 1 aromatic heterocycles. The third-order valence-corrected chi connectivity index (χ3v) is 5.82. The van der Waals surface area contributed by atoms with E-state index in [1.54, 1.807) is 18.4 Å². The van der Waals surface area contributed by atoms with Gasteiger partial charge in [0.25, 0.3) is 0 Å². The first-order valence-corrected chi connectivity index (χ1v) is 9.84. The van der Waals surface area contributed by atoms with Gasteiger partial charge >= 0.3 is 0 Å². The monoisotopic (exact) mass is 383 g/mol. The number of nitrogens with one attached hydrogen (secondary N) is 1. The second-order valence-corrected chi connectivity index (χ2v) is 7.62. The molecule has 142 valence electrons. The zero-order valence-corrected chi connectivity index (χ0v) is 16.8. The first kappa shape index (κ1) is 19.3. The molecule has 6 heteroatoms. The van der Waals surface area contributed by atoms with Crippen LogP contribution in [0.4, 0.5) is 0 Å². The van der Waals surface area contributed by atoms with E-state index < -0.39 is 0 Å². The number of ether oxygens (including phenoxy) is 1. The van der Waals surface area contributed by atoms with Crippen LogP contribution in [0.2, 0.25) is 0 Å². The molecule has 0 fully saturated rings. The average Bonchev–Trinajstić information content (AvgIpc) is 3.12. The number of nitrogens with zero attached hydrogens (tertiary/aromatic N) is 2. The van der Waals surface area contributed by atoms with E-state index in [1.807, 2.05) is 54.4 Å². The molecule has 0 aliphatic carbocycles. The van der Waals surface area contributed by atoms with Gasteiger partial charge < -0.3 is 10.1 Å². The van der Waals surface area contributed by atoms with Crippen molar-refractivity contribution in [3.63, 3.8) is 0 Å². The number of hydrogen-bond acceptors (Lipinski definition) is 5. The molecule has 1 atom stereocenters. The molecular formula is C21H25N3O2S. The van der Waals surface area contributed by atoms with Crippen LogP contribution >= 0.6 is 11.3 Å². The number of aromatic nitrogens is 1. The molecule has 0 saturated heterocycles. The fraction of sp³-hybridized carbons (Fsp3) is 0.333. The summed E-state index contributed by atoms with van der Waals surface area (Å²) in [6, 6.07) is 16.1. The predicted octanol–water partition coefficient (Wildman–Crippen LogP) is 3.66. The summed E-state index contributed by atoms with van der Waals surface area (Å²) >= 11 is 1.68. The van der Waals surface area contributed by atoms with Crippen LogP contribution in [0, 0.1) is 0 Å². The summed E-state index contributed by atoms with van der Waals surface area (Å²) in [5.41, 5.74) is 2.19. The molecule has 0 radical (unpaired) electrons. The molecule has 0 unspecified atom stereocenters. The Hall–Kier alpha value is -2.44. The highest BCUT2D eigenvalue weighted by Gasteiger charge is 2.18. The number of amides is 1. The van der Waals surface area contributed by atoms with Gasteiger partial charge in [0.2, 0.25) is 5.91 Å². The molecule has 1 amide bonds. The summed E-state index contributed by atoms with van der Waals surface area (Å²) in [6.45, 7) is 3.05. The van der Waals surface area contributed by atoms with E-state index in [1.165, 1.54) is 10.3 Å². The second kappa shape index (κ2) is 8.97. The van der Waals surface area contributed by atoms with Crippen LogP contribution < -0.4 is 10.1 Å². The van der Waals surface area contributed by atoms with Gasteiger partial charge in [0.15, 0.2) is 0 Å². The van der Waals surface area contributed by atoms with Crippen LogP contribution in [0.15, 0.2) is 48.5 Å². The molecule has 0 bridgehead atoms. The highest BCUT2D eigenvalue weighted by molar-refractivity contribution is 7.18. The minimum atomic E-state index is 0.0268. The fourth-order valence-electron chi connectivity index (χ4n) is 2.82. The molecule has 27 heavy (non-hydrogen) atoms. The largest absolute Gasteiger partial charge is 0.497 e. The summed E-state index contributed by atoms with van der Waals surface area (Å²) in [5, 5.41) is 4.03. The Morgan fingerprint density at radius 1 is 1.22 bits per heavy atom. The number of carbonyl (C=O) groups excluding carboxylic acids is 1. The Balaban J connectivity index is 1.47. The molecule has 2 aromatic carbocycles. The smallest absolute Gasteiger partial charge is 0.234 e. The van der Waals surface area contributed by atoms with E-state index in [0.29, 0.717) is 13.1 Å². The lowest BCUT2D eigenvalue weighted by atomic mass is 10.1. The number of fused-ring (bicyclic) bond motifs is 1. The van der Waals surface area contributed by atoms with Crippen LogP contribution in [0.3, 0.4) is 0 Å². The third kappa shape index (κ3) is 5.05. The van der Waals surface area contributed by atoms with E-state index in [-0.39, 0.29) is 11.9 Å². The van der Waals surface area contributed by atoms with Gasteiger partial charge in [0.1, 0.15) is 10.8 Å². The maximum atomic E-state index is 12.3. The molecule has 5 nitrogen and oxygen atoms in total. The standard InChI is InChI=1S/C21H25N3O2S/c1-15(21-23-18-6-4-5-7-19(18)27-21)24(2)14-20(25)22-13-12-16-8-10-17(26-3)11-9-16/h4-11,15H,12-14H2,1-3H3,(H,22,25)/t15-/m0/s1. The second-order valence-electron chi connectivity index (χ2n) is 6.56. The van der Waals surface area contributed by atoms with Crippen molar-refractivity contribution in [1.82, 2.24) is 15.2 Å². The Labute approximate surface area is 164 Å². The molecule has 0 aliphatic rings. The summed E-state index contributed by atoms with van der Waals surface area (Å²) in [4.78, 5) is 19.0. The fourth-order valence-corrected chi connectivity index (χ4v) is 3.90. The van der Waals surface area contributed by atoms with Crippen molar-refractivity contribution >= 4 is 27.5 Å². The summed E-state index contributed by atoms with van der Waals surface area (Å²) in [5.74, 6) is 0.868. The molecule has 1 heterocycles. The van der Waals surface area contributed by atoms with Crippen molar-refractivity contribution in [3.05, 3.63) is 59.1 Å². The van der Waals surface area contributed by atoms with E-state index in [4.69, 9.17) is 9.72 Å². The van der Waals surface area contributed by atoms with Gasteiger partial charge in [0, 0.05) is 6.54 Å². The molecule has 0 saturated carbocycles. The number of carbonyl (C=O) groups is 1. The van der Waals surface area contributed by atoms with Crippen molar-refractivity contribution in [1.29, 1.82) is 0 Å². The number of methoxy groups -OCH3 is 1. The average molecular weight is 384 g/mol. The van der Waals surface area contributed by atoms with E-state index in [9.17, 15) is 4.79 Å². The number of rotatable bonds is 8. The maximum absolute atomic E-state index is 12.3. The van der Waals surface area contributed by atoms with Gasteiger partial charge in [-0.15, -0.1) is 11.3 Å². The SMILES string of the molecule is COc1ccc(CCNC(=O)CN(C)[C@@H](C)c2nc3ccccc3s2)cc1. The van der Waals surface area contributed by atoms with Crippen LogP contribution in [0.25, 0.3) is 10.2 Å². The normalized spacial score (nSPS) is 12.3. The molecule has 0 aliphatic heterocycles. The first-order chi connectivity index (χ1) is 13.1. The molecule has 1 N–H and O–H groups in total. The van der Waals surface area contributed by atoms with Gasteiger partial charge in [-0.3, -0.25) is 9.69 Å². The maximum Gasteiger partial charge on any atom is 0.234 e. The topological polar surface area (TPSA) is 54.5 Å². The van der Waals surface area contributed by atoms with Crippen molar-refractivity contribution in [2.24, 2.45) is 0 Å². The van der Waals surface area contributed by atoms with Gasteiger partial charge in [-0.2, -0.15) is 0 Å². The molecule has 3 aromatic rings. The lowest BCUT2D eigenvalue weighted by Gasteiger charge is -2.22. The zero-order valence-electron chi connectivity index (χ0n) is 15.9. The van der Waals surface area contributed by atoms with Crippen LogP contribution in [-0.4, -0.2) is 43.0 Å². The Morgan fingerprint density at radius 3 is 2.67 bits per heavy atom. The van der Waals surface area contributed by atoms with Gasteiger partial charge in [-0.05, 0) is 50.2 Å².